The Balaban J connectivity index is 1.83. The summed E-state index contributed by atoms with van der Waals surface area (Å²) in [5.74, 6) is 0.261. The Labute approximate surface area is 150 Å². The third kappa shape index (κ3) is 3.69. The Morgan fingerprint density at radius 3 is 2.56 bits per heavy atom. The Morgan fingerprint density at radius 2 is 1.84 bits per heavy atom. The molecule has 5 nitrogen and oxygen atoms in total. The molecule has 132 valence electrons. The number of methoxy groups -OCH3 is 1. The topological polar surface area (TPSA) is 75.6 Å². The highest BCUT2D eigenvalue weighted by atomic mass is 32.2. The highest BCUT2D eigenvalue weighted by molar-refractivity contribution is 7.89. The van der Waals surface area contributed by atoms with E-state index in [0.717, 1.165) is 10.1 Å². The van der Waals surface area contributed by atoms with Crippen LogP contribution >= 0.6 is 11.3 Å². The van der Waals surface area contributed by atoms with Crippen molar-refractivity contribution in [2.45, 2.75) is 17.4 Å². The van der Waals surface area contributed by atoms with E-state index in [9.17, 15) is 13.5 Å². The SMILES string of the molecule is COc1ccccc1S(=O)(=O)NCC(C)(O)c1cc2ccccc2s1. The van der Waals surface area contributed by atoms with E-state index in [4.69, 9.17) is 4.74 Å². The van der Waals surface area contributed by atoms with E-state index >= 15 is 0 Å². The van der Waals surface area contributed by atoms with Crippen LogP contribution in [-0.4, -0.2) is 27.2 Å². The maximum Gasteiger partial charge on any atom is 0.244 e. The zero-order valence-electron chi connectivity index (χ0n) is 13.9. The molecule has 0 saturated carbocycles. The number of aliphatic hydroxyl groups is 1. The lowest BCUT2D eigenvalue weighted by molar-refractivity contribution is 0.0666. The van der Waals surface area contributed by atoms with Gasteiger partial charge in [-0.15, -0.1) is 11.3 Å². The molecule has 0 amide bonds. The minimum atomic E-state index is -3.80. The maximum absolute atomic E-state index is 12.6. The molecule has 25 heavy (non-hydrogen) atoms. The average molecular weight is 377 g/mol. The van der Waals surface area contributed by atoms with E-state index in [1.165, 1.54) is 24.5 Å². The summed E-state index contributed by atoms with van der Waals surface area (Å²) < 4.78 is 33.8. The monoisotopic (exact) mass is 377 g/mol. The van der Waals surface area contributed by atoms with Crippen molar-refractivity contribution in [1.82, 2.24) is 4.72 Å². The van der Waals surface area contributed by atoms with Gasteiger partial charge in [-0.25, -0.2) is 13.1 Å². The molecule has 1 unspecified atom stereocenters. The first-order chi connectivity index (χ1) is 11.8. The van der Waals surface area contributed by atoms with Crippen LogP contribution in [0.3, 0.4) is 0 Å². The van der Waals surface area contributed by atoms with Crippen molar-refractivity contribution in [2.24, 2.45) is 0 Å². The molecular weight excluding hydrogens is 358 g/mol. The zero-order chi connectivity index (χ0) is 18.1. The number of fused-ring (bicyclic) bond motifs is 1. The Kier molecular flexibility index (Phi) is 4.83. The number of benzene rings is 2. The summed E-state index contributed by atoms with van der Waals surface area (Å²) >= 11 is 1.45. The van der Waals surface area contributed by atoms with E-state index in [2.05, 4.69) is 4.72 Å². The highest BCUT2D eigenvalue weighted by Gasteiger charge is 2.29. The van der Waals surface area contributed by atoms with Gasteiger partial charge in [0.1, 0.15) is 16.2 Å². The number of hydrogen-bond donors (Lipinski definition) is 2. The lowest BCUT2D eigenvalue weighted by Gasteiger charge is -2.22. The van der Waals surface area contributed by atoms with Gasteiger partial charge < -0.3 is 9.84 Å². The molecule has 0 fully saturated rings. The Bertz CT molecular complexity index is 960. The van der Waals surface area contributed by atoms with Gasteiger partial charge in [0.05, 0.1) is 7.11 Å². The van der Waals surface area contributed by atoms with Crippen LogP contribution in [-0.2, 0) is 15.6 Å². The second kappa shape index (κ2) is 6.76. The van der Waals surface area contributed by atoms with E-state index in [-0.39, 0.29) is 17.2 Å². The first-order valence-electron chi connectivity index (χ1n) is 7.67. The third-order valence-corrected chi connectivity index (χ3v) is 6.73. The first kappa shape index (κ1) is 17.9. The summed E-state index contributed by atoms with van der Waals surface area (Å²) in [7, 11) is -2.39. The summed E-state index contributed by atoms with van der Waals surface area (Å²) in [5, 5.41) is 11.8. The van der Waals surface area contributed by atoms with Gasteiger partial charge in [0.25, 0.3) is 0 Å². The van der Waals surface area contributed by atoms with Gasteiger partial charge in [-0.05, 0) is 36.6 Å². The number of sulfonamides is 1. The molecule has 0 aliphatic rings. The third-order valence-electron chi connectivity index (χ3n) is 3.92. The van der Waals surface area contributed by atoms with Gasteiger partial charge in [-0.2, -0.15) is 0 Å². The highest BCUT2D eigenvalue weighted by Crippen LogP contribution is 2.33. The van der Waals surface area contributed by atoms with Crippen LogP contribution in [0.1, 0.15) is 11.8 Å². The van der Waals surface area contributed by atoms with Gasteiger partial charge in [-0.3, -0.25) is 0 Å². The fraction of sp³-hybridized carbons (Fsp3) is 0.222. The lowest BCUT2D eigenvalue weighted by atomic mass is 10.1. The first-order valence-corrected chi connectivity index (χ1v) is 9.97. The van der Waals surface area contributed by atoms with Crippen LogP contribution in [0.15, 0.2) is 59.5 Å². The molecule has 0 radical (unpaired) electrons. The van der Waals surface area contributed by atoms with Crippen molar-refractivity contribution >= 4 is 31.4 Å². The minimum Gasteiger partial charge on any atom is -0.495 e. The van der Waals surface area contributed by atoms with Crippen molar-refractivity contribution in [1.29, 1.82) is 0 Å². The fourth-order valence-electron chi connectivity index (χ4n) is 2.49. The van der Waals surface area contributed by atoms with Gasteiger partial charge in [0.2, 0.25) is 10.0 Å². The van der Waals surface area contributed by atoms with E-state index in [1.54, 1.807) is 25.1 Å². The smallest absolute Gasteiger partial charge is 0.244 e. The van der Waals surface area contributed by atoms with Gasteiger partial charge >= 0.3 is 0 Å². The van der Waals surface area contributed by atoms with Crippen molar-refractivity contribution in [2.75, 3.05) is 13.7 Å². The summed E-state index contributed by atoms with van der Waals surface area (Å²) in [6, 6.07) is 16.1. The van der Waals surface area contributed by atoms with Crippen molar-refractivity contribution in [3.63, 3.8) is 0 Å². The number of rotatable bonds is 6. The van der Waals surface area contributed by atoms with Crippen LogP contribution < -0.4 is 9.46 Å². The number of thiophene rings is 1. The summed E-state index contributed by atoms with van der Waals surface area (Å²) in [4.78, 5) is 0.751. The number of hydrogen-bond acceptors (Lipinski definition) is 5. The van der Waals surface area contributed by atoms with Gasteiger partial charge in [-0.1, -0.05) is 30.3 Å². The van der Waals surface area contributed by atoms with Gasteiger partial charge in [0, 0.05) is 16.1 Å². The molecule has 1 aromatic heterocycles. The molecule has 0 aliphatic carbocycles. The molecule has 0 spiro atoms. The quantitative estimate of drug-likeness (QED) is 0.692. The Hall–Kier alpha value is -1.93. The number of ether oxygens (including phenoxy) is 1. The summed E-state index contributed by atoms with van der Waals surface area (Å²) in [5.41, 5.74) is -1.32. The standard InChI is InChI=1S/C18H19NO4S2/c1-18(20,17-11-13-7-3-5-9-15(13)24-17)12-19-25(21,22)16-10-6-4-8-14(16)23-2/h3-11,19-20H,12H2,1-2H3. The molecule has 0 aliphatic heterocycles. The second-order valence-corrected chi connectivity index (χ2v) is 8.72. The normalized spacial score (nSPS) is 14.4. The zero-order valence-corrected chi connectivity index (χ0v) is 15.5. The van der Waals surface area contributed by atoms with Gasteiger partial charge in [0.15, 0.2) is 0 Å². The van der Waals surface area contributed by atoms with Crippen molar-refractivity contribution in [3.05, 3.63) is 59.5 Å². The molecule has 2 N–H and O–H groups in total. The molecule has 3 aromatic rings. The second-order valence-electron chi connectivity index (χ2n) is 5.90. The minimum absolute atomic E-state index is 0.0460. The van der Waals surface area contributed by atoms with Crippen LogP contribution in [0.2, 0.25) is 0 Å². The van der Waals surface area contributed by atoms with Crippen LogP contribution in [0.4, 0.5) is 0 Å². The largest absolute Gasteiger partial charge is 0.495 e. The molecule has 2 aromatic carbocycles. The predicted octanol–water partition coefficient (Wildman–Crippen LogP) is 3.10. The maximum atomic E-state index is 12.6. The van der Waals surface area contributed by atoms with Crippen LogP contribution in [0.25, 0.3) is 10.1 Å². The Morgan fingerprint density at radius 1 is 1.16 bits per heavy atom. The fourth-order valence-corrected chi connectivity index (χ4v) is 4.90. The molecular formula is C18H19NO4S2. The van der Waals surface area contributed by atoms with E-state index in [0.29, 0.717) is 4.88 Å². The molecule has 0 saturated heterocycles. The lowest BCUT2D eigenvalue weighted by Crippen LogP contribution is -2.38. The predicted molar refractivity (Wildman–Crippen MR) is 99.6 cm³/mol. The summed E-state index contributed by atoms with van der Waals surface area (Å²) in [6.07, 6.45) is 0. The molecule has 1 atom stereocenters. The number of nitrogens with one attached hydrogen (secondary N) is 1. The van der Waals surface area contributed by atoms with Crippen LogP contribution in [0, 0.1) is 0 Å². The summed E-state index contributed by atoms with van der Waals surface area (Å²) in [6.45, 7) is 1.46. The number of para-hydroxylation sites is 1. The molecule has 3 rings (SSSR count). The van der Waals surface area contributed by atoms with Crippen molar-refractivity contribution in [3.8, 4) is 5.75 Å². The average Bonchev–Trinajstić information content (AvgIpc) is 3.05. The van der Waals surface area contributed by atoms with Crippen LogP contribution in [0.5, 0.6) is 5.75 Å². The van der Waals surface area contributed by atoms with E-state index in [1.807, 2.05) is 30.3 Å². The van der Waals surface area contributed by atoms with E-state index < -0.39 is 15.6 Å². The van der Waals surface area contributed by atoms with Crippen molar-refractivity contribution < 1.29 is 18.3 Å². The molecule has 0 bridgehead atoms. The molecule has 7 heteroatoms. The molecule has 1 heterocycles.